The molecule has 0 bridgehead atoms. The highest BCUT2D eigenvalue weighted by molar-refractivity contribution is 7.89. The third-order valence-corrected chi connectivity index (χ3v) is 7.68. The molecular formula is C22H25N5O4S2. The van der Waals surface area contributed by atoms with E-state index in [1.165, 1.54) is 21.0 Å². The van der Waals surface area contributed by atoms with Crippen LogP contribution in [0.3, 0.4) is 0 Å². The Morgan fingerprint density at radius 3 is 2.61 bits per heavy atom. The predicted molar refractivity (Wildman–Crippen MR) is 131 cm³/mol. The Morgan fingerprint density at radius 2 is 1.88 bits per heavy atom. The molecule has 0 spiro atoms. The number of aromatic nitrogens is 1. The molecule has 1 aliphatic rings. The van der Waals surface area contributed by atoms with E-state index in [9.17, 15) is 13.5 Å². The third-order valence-electron chi connectivity index (χ3n) is 5.60. The van der Waals surface area contributed by atoms with E-state index in [2.05, 4.69) is 15.5 Å². The van der Waals surface area contributed by atoms with Crippen molar-refractivity contribution in [1.29, 1.82) is 0 Å². The van der Waals surface area contributed by atoms with Crippen molar-refractivity contribution in [1.82, 2.24) is 8.87 Å². The van der Waals surface area contributed by atoms with Gasteiger partial charge in [-0.1, -0.05) is 12.1 Å². The summed E-state index contributed by atoms with van der Waals surface area (Å²) >= 11 is 5.31. The van der Waals surface area contributed by atoms with Gasteiger partial charge in [-0.15, -0.1) is 10.2 Å². The van der Waals surface area contributed by atoms with Crippen molar-refractivity contribution >= 4 is 49.6 Å². The average Bonchev–Trinajstić information content (AvgIpc) is 3.04. The maximum absolute atomic E-state index is 13.1. The first kappa shape index (κ1) is 23.3. The van der Waals surface area contributed by atoms with Crippen LogP contribution >= 0.6 is 12.2 Å². The molecule has 0 aliphatic carbocycles. The van der Waals surface area contributed by atoms with Gasteiger partial charge in [-0.25, -0.2) is 8.42 Å². The first-order chi connectivity index (χ1) is 15.7. The minimum atomic E-state index is -3.70. The molecule has 0 atom stereocenters. The van der Waals surface area contributed by atoms with Crippen LogP contribution in [-0.2, 0) is 21.8 Å². The molecule has 33 heavy (non-hydrogen) atoms. The van der Waals surface area contributed by atoms with Crippen molar-refractivity contribution in [3.63, 3.8) is 0 Å². The number of hydrogen-bond acceptors (Lipinski definition) is 6. The van der Waals surface area contributed by atoms with Crippen LogP contribution in [0.4, 0.5) is 11.4 Å². The fraction of sp³-hybridized carbons (Fsp3) is 0.318. The van der Waals surface area contributed by atoms with Gasteiger partial charge in [0.25, 0.3) is 0 Å². The summed E-state index contributed by atoms with van der Waals surface area (Å²) in [4.78, 5) is 0.120. The molecule has 0 saturated carbocycles. The van der Waals surface area contributed by atoms with Gasteiger partial charge in [0.05, 0.1) is 23.6 Å². The second-order valence-electron chi connectivity index (χ2n) is 7.88. The molecule has 2 N–H and O–H groups in total. The lowest BCUT2D eigenvalue weighted by atomic mass is 10.1. The zero-order valence-electron chi connectivity index (χ0n) is 18.6. The predicted octanol–water partition coefficient (Wildman–Crippen LogP) is 4.00. The molecule has 174 valence electrons. The maximum atomic E-state index is 13.1. The van der Waals surface area contributed by atoms with Gasteiger partial charge in [0.2, 0.25) is 21.0 Å². The zero-order valence-corrected chi connectivity index (χ0v) is 20.2. The van der Waals surface area contributed by atoms with E-state index in [-0.39, 0.29) is 21.6 Å². The number of ether oxygens (including phenoxy) is 1. The second kappa shape index (κ2) is 9.18. The number of aromatic hydroxyl groups is 1. The van der Waals surface area contributed by atoms with Gasteiger partial charge in [-0.3, -0.25) is 0 Å². The number of hydrogen-bond donors (Lipinski definition) is 2. The number of sulfonamides is 1. The van der Waals surface area contributed by atoms with Crippen molar-refractivity contribution in [2.45, 2.75) is 18.7 Å². The number of fused-ring (bicyclic) bond motifs is 1. The van der Waals surface area contributed by atoms with E-state index in [4.69, 9.17) is 17.0 Å². The Labute approximate surface area is 197 Å². The Morgan fingerprint density at radius 1 is 1.15 bits per heavy atom. The molecule has 4 rings (SSSR count). The summed E-state index contributed by atoms with van der Waals surface area (Å²) in [7, 11) is -2.04. The molecule has 2 heterocycles. The number of azo groups is 1. The van der Waals surface area contributed by atoms with Gasteiger partial charge in [0, 0.05) is 31.2 Å². The van der Waals surface area contributed by atoms with Crippen LogP contribution in [-0.4, -0.2) is 53.8 Å². The summed E-state index contributed by atoms with van der Waals surface area (Å²) in [6, 6.07) is 10.6. The summed E-state index contributed by atoms with van der Waals surface area (Å²) in [6.07, 6.45) is 0. The van der Waals surface area contributed by atoms with E-state index in [1.54, 1.807) is 13.1 Å². The molecule has 0 amide bonds. The Bertz CT molecular complexity index is 1360. The fourth-order valence-electron chi connectivity index (χ4n) is 3.69. The highest BCUT2D eigenvalue weighted by atomic mass is 32.2. The lowest BCUT2D eigenvalue weighted by Crippen LogP contribution is -2.40. The largest absolute Gasteiger partial charge is 0.493 e. The average molecular weight is 488 g/mol. The Hall–Kier alpha value is -2.86. The summed E-state index contributed by atoms with van der Waals surface area (Å²) < 4.78 is 34.3. The number of aryl methyl sites for hydroxylation is 3. The van der Waals surface area contributed by atoms with E-state index in [0.717, 1.165) is 16.8 Å². The number of benzene rings is 2. The van der Waals surface area contributed by atoms with Crippen LogP contribution in [0.15, 0.2) is 51.5 Å². The smallest absolute Gasteiger partial charge is 0.243 e. The molecule has 2 aromatic carbocycles. The molecule has 0 radical (unpaired) electrons. The van der Waals surface area contributed by atoms with E-state index < -0.39 is 10.0 Å². The monoisotopic (exact) mass is 487 g/mol. The molecule has 3 aromatic rings. The molecule has 11 heteroatoms. The van der Waals surface area contributed by atoms with Crippen LogP contribution in [0.25, 0.3) is 10.9 Å². The van der Waals surface area contributed by atoms with Crippen LogP contribution < -0.4 is 5.32 Å². The van der Waals surface area contributed by atoms with Gasteiger partial charge in [-0.05, 0) is 61.5 Å². The molecule has 9 nitrogen and oxygen atoms in total. The first-order valence-electron chi connectivity index (χ1n) is 10.4. The first-order valence-corrected chi connectivity index (χ1v) is 12.2. The van der Waals surface area contributed by atoms with E-state index in [1.807, 2.05) is 32.0 Å². The minimum Gasteiger partial charge on any atom is -0.493 e. The third kappa shape index (κ3) is 4.62. The highest BCUT2D eigenvalue weighted by Gasteiger charge is 2.27. The van der Waals surface area contributed by atoms with Gasteiger partial charge < -0.3 is 19.7 Å². The molecular weight excluding hydrogens is 462 g/mol. The second-order valence-corrected chi connectivity index (χ2v) is 10.2. The van der Waals surface area contributed by atoms with Crippen molar-refractivity contribution in [3.8, 4) is 5.88 Å². The summed E-state index contributed by atoms with van der Waals surface area (Å²) in [5.41, 5.74) is 3.67. The summed E-state index contributed by atoms with van der Waals surface area (Å²) in [6.45, 7) is 5.24. The number of rotatable bonds is 4. The van der Waals surface area contributed by atoms with Gasteiger partial charge in [0.15, 0.2) is 5.69 Å². The van der Waals surface area contributed by atoms with Crippen molar-refractivity contribution in [2.75, 3.05) is 31.6 Å². The number of nitrogens with zero attached hydrogens (tertiary/aromatic N) is 4. The minimum absolute atomic E-state index is 0.120. The standard InChI is InChI=1S/C22H25N5O4S2/c1-14-4-5-15(2)18(12-14)23-22(32)25-24-20-17-13-16(6-7-19(17)26(3)21(20)28)33(29,30)27-8-10-31-11-9-27/h4-7,12-13,28H,8-11H2,1-3H3,(H,23,32). The highest BCUT2D eigenvalue weighted by Crippen LogP contribution is 2.39. The summed E-state index contributed by atoms with van der Waals surface area (Å²) in [5, 5.41) is 22.5. The van der Waals surface area contributed by atoms with Crippen molar-refractivity contribution in [2.24, 2.45) is 17.3 Å². The number of nitrogens with one attached hydrogen (secondary N) is 1. The Kier molecular flexibility index (Phi) is 6.48. The fourth-order valence-corrected chi connectivity index (χ4v) is 5.28. The van der Waals surface area contributed by atoms with Crippen LogP contribution in [0, 0.1) is 13.8 Å². The van der Waals surface area contributed by atoms with Crippen molar-refractivity contribution in [3.05, 3.63) is 47.5 Å². The topological polar surface area (TPSA) is 109 Å². The summed E-state index contributed by atoms with van der Waals surface area (Å²) in [5.74, 6) is -0.135. The zero-order chi connectivity index (χ0) is 23.8. The van der Waals surface area contributed by atoms with Gasteiger partial charge >= 0.3 is 0 Å². The maximum Gasteiger partial charge on any atom is 0.243 e. The normalized spacial score (nSPS) is 15.4. The molecule has 1 saturated heterocycles. The Balaban J connectivity index is 1.67. The van der Waals surface area contributed by atoms with E-state index in [0.29, 0.717) is 37.2 Å². The quantitative estimate of drug-likeness (QED) is 0.425. The van der Waals surface area contributed by atoms with Crippen LogP contribution in [0.5, 0.6) is 5.88 Å². The van der Waals surface area contributed by atoms with Crippen LogP contribution in [0.2, 0.25) is 0 Å². The molecule has 1 fully saturated rings. The molecule has 0 unspecified atom stereocenters. The number of anilines is 1. The lowest BCUT2D eigenvalue weighted by Gasteiger charge is -2.26. The van der Waals surface area contributed by atoms with Gasteiger partial charge in [-0.2, -0.15) is 4.31 Å². The van der Waals surface area contributed by atoms with E-state index >= 15 is 0 Å². The number of morpholine rings is 1. The lowest BCUT2D eigenvalue weighted by molar-refractivity contribution is 0.0730. The van der Waals surface area contributed by atoms with Crippen molar-refractivity contribution < 1.29 is 18.3 Å². The molecule has 1 aliphatic heterocycles. The SMILES string of the molecule is Cc1ccc(C)c(NC(=S)N=Nc2c(O)n(C)c3ccc(S(=O)(=O)N4CCOCC4)cc23)c1. The number of thiocarbonyl (C=S) groups is 1. The van der Waals surface area contributed by atoms with Gasteiger partial charge in [0.1, 0.15) is 0 Å². The molecule has 1 aromatic heterocycles. The van der Waals surface area contributed by atoms with Crippen LogP contribution in [0.1, 0.15) is 11.1 Å².